The normalized spacial score (nSPS) is 23.4. The molecule has 1 N–H and O–H groups in total. The van der Waals surface area contributed by atoms with Crippen molar-refractivity contribution in [1.82, 2.24) is 4.98 Å². The predicted molar refractivity (Wildman–Crippen MR) is 81.0 cm³/mol. The van der Waals surface area contributed by atoms with Crippen LogP contribution in [0, 0.1) is 6.92 Å². The molecule has 100 valence electrons. The van der Waals surface area contributed by atoms with Gasteiger partial charge in [0.25, 0.3) is 0 Å². The summed E-state index contributed by atoms with van der Waals surface area (Å²) in [6.07, 6.45) is 1.95. The van der Waals surface area contributed by atoms with Crippen LogP contribution in [0.25, 0.3) is 10.9 Å². The number of fused-ring (bicyclic) bond motifs is 1. The molecule has 0 radical (unpaired) electrons. The zero-order valence-corrected chi connectivity index (χ0v) is 11.9. The Bertz CT molecular complexity index is 617. The Balaban J connectivity index is 1.84. The lowest BCUT2D eigenvalue weighted by molar-refractivity contribution is 0.622. The minimum absolute atomic E-state index is 0.407. The number of rotatable bonds is 2. The van der Waals surface area contributed by atoms with E-state index in [0.717, 1.165) is 35.7 Å². The average molecular weight is 274 g/mol. The molecule has 1 aromatic heterocycles. The number of benzene rings is 1. The van der Waals surface area contributed by atoms with Crippen LogP contribution in [-0.4, -0.2) is 26.7 Å². The van der Waals surface area contributed by atoms with Gasteiger partial charge in [0, 0.05) is 33.7 Å². The number of aryl methyl sites for hydroxylation is 1. The van der Waals surface area contributed by atoms with Gasteiger partial charge in [-0.3, -0.25) is 4.21 Å². The summed E-state index contributed by atoms with van der Waals surface area (Å²) in [5, 5.41) is 4.69. The Labute approximate surface area is 115 Å². The van der Waals surface area contributed by atoms with Gasteiger partial charge in [0.15, 0.2) is 0 Å². The number of hydrogen-bond acceptors (Lipinski definition) is 3. The lowest BCUT2D eigenvalue weighted by Crippen LogP contribution is -2.30. The van der Waals surface area contributed by atoms with E-state index in [2.05, 4.69) is 24.4 Å². The molecule has 1 aliphatic heterocycles. The summed E-state index contributed by atoms with van der Waals surface area (Å²) in [5.74, 6) is 2.59. The molecule has 1 saturated heterocycles. The van der Waals surface area contributed by atoms with Gasteiger partial charge in [0.2, 0.25) is 0 Å². The molecule has 2 aromatic rings. The largest absolute Gasteiger partial charge is 0.367 e. The summed E-state index contributed by atoms with van der Waals surface area (Å²) < 4.78 is 11.4. The van der Waals surface area contributed by atoms with Gasteiger partial charge < -0.3 is 5.32 Å². The van der Waals surface area contributed by atoms with Gasteiger partial charge in [-0.2, -0.15) is 0 Å². The Morgan fingerprint density at radius 3 is 2.79 bits per heavy atom. The zero-order chi connectivity index (χ0) is 13.2. The summed E-state index contributed by atoms with van der Waals surface area (Å²) >= 11 is 0. The summed E-state index contributed by atoms with van der Waals surface area (Å²) in [6, 6.07) is 10.8. The minimum Gasteiger partial charge on any atom is -0.367 e. The van der Waals surface area contributed by atoms with E-state index >= 15 is 0 Å². The van der Waals surface area contributed by atoms with E-state index in [1.54, 1.807) is 0 Å². The summed E-state index contributed by atoms with van der Waals surface area (Å²) in [7, 11) is -0.607. The maximum atomic E-state index is 11.4. The molecule has 1 aliphatic rings. The third-order valence-electron chi connectivity index (χ3n) is 3.64. The Kier molecular flexibility index (Phi) is 3.51. The SMILES string of the molecule is Cc1cc2ccccc2nc1NC1CCS(=O)CC1. The number of anilines is 1. The molecule has 1 aromatic carbocycles. The fourth-order valence-corrected chi connectivity index (χ4v) is 3.80. The second-order valence-electron chi connectivity index (χ2n) is 5.11. The van der Waals surface area contributed by atoms with Crippen molar-refractivity contribution < 1.29 is 4.21 Å². The highest BCUT2D eigenvalue weighted by molar-refractivity contribution is 7.85. The molecule has 3 nitrogen and oxygen atoms in total. The number of nitrogens with zero attached hydrogens (tertiary/aromatic N) is 1. The molecular formula is C15H18N2OS. The van der Waals surface area contributed by atoms with Crippen LogP contribution in [0.2, 0.25) is 0 Å². The molecule has 0 aliphatic carbocycles. The maximum absolute atomic E-state index is 11.4. The topological polar surface area (TPSA) is 42.0 Å². The second kappa shape index (κ2) is 5.29. The molecule has 0 atom stereocenters. The number of para-hydroxylation sites is 1. The second-order valence-corrected chi connectivity index (χ2v) is 6.81. The minimum atomic E-state index is -0.607. The summed E-state index contributed by atoms with van der Waals surface area (Å²) in [5.41, 5.74) is 2.19. The van der Waals surface area contributed by atoms with Crippen LogP contribution in [0.3, 0.4) is 0 Å². The lowest BCUT2D eigenvalue weighted by Gasteiger charge is -2.24. The molecule has 3 rings (SSSR count). The lowest BCUT2D eigenvalue weighted by atomic mass is 10.1. The number of hydrogen-bond donors (Lipinski definition) is 1. The van der Waals surface area contributed by atoms with Gasteiger partial charge in [-0.05, 0) is 37.5 Å². The molecule has 0 unspecified atom stereocenters. The Morgan fingerprint density at radius 2 is 2.00 bits per heavy atom. The van der Waals surface area contributed by atoms with Crippen molar-refractivity contribution in [2.75, 3.05) is 16.8 Å². The average Bonchev–Trinajstić information content (AvgIpc) is 2.42. The van der Waals surface area contributed by atoms with Crippen molar-refractivity contribution in [2.45, 2.75) is 25.8 Å². The van der Waals surface area contributed by atoms with Crippen LogP contribution in [0.5, 0.6) is 0 Å². The highest BCUT2D eigenvalue weighted by Crippen LogP contribution is 2.22. The van der Waals surface area contributed by atoms with E-state index in [9.17, 15) is 4.21 Å². The molecular weight excluding hydrogens is 256 g/mol. The highest BCUT2D eigenvalue weighted by Gasteiger charge is 2.18. The van der Waals surface area contributed by atoms with E-state index in [1.165, 1.54) is 10.9 Å². The first-order valence-corrected chi connectivity index (χ1v) is 8.19. The molecule has 0 bridgehead atoms. The van der Waals surface area contributed by atoms with Gasteiger partial charge in [-0.1, -0.05) is 18.2 Å². The first-order chi connectivity index (χ1) is 9.22. The standard InChI is InChI=1S/C15H18N2OS/c1-11-10-12-4-2-3-5-14(12)17-15(11)16-13-6-8-19(18)9-7-13/h2-5,10,13H,6-9H2,1H3,(H,16,17). The van der Waals surface area contributed by atoms with Gasteiger partial charge >= 0.3 is 0 Å². The van der Waals surface area contributed by atoms with Crippen molar-refractivity contribution >= 4 is 27.5 Å². The van der Waals surface area contributed by atoms with Crippen molar-refractivity contribution in [3.63, 3.8) is 0 Å². The first kappa shape index (κ1) is 12.6. The van der Waals surface area contributed by atoms with Gasteiger partial charge in [-0.25, -0.2) is 4.98 Å². The van der Waals surface area contributed by atoms with Crippen LogP contribution < -0.4 is 5.32 Å². The van der Waals surface area contributed by atoms with E-state index in [-0.39, 0.29) is 0 Å². The van der Waals surface area contributed by atoms with Crippen LogP contribution in [0.1, 0.15) is 18.4 Å². The quantitative estimate of drug-likeness (QED) is 0.915. The first-order valence-electron chi connectivity index (χ1n) is 6.70. The molecule has 4 heteroatoms. The number of aromatic nitrogens is 1. The summed E-state index contributed by atoms with van der Waals surface area (Å²) in [6.45, 7) is 2.09. The Hall–Kier alpha value is -1.42. The van der Waals surface area contributed by atoms with Crippen LogP contribution in [-0.2, 0) is 10.8 Å². The molecule has 2 heterocycles. The maximum Gasteiger partial charge on any atom is 0.129 e. The molecule has 1 fully saturated rings. The molecule has 0 amide bonds. The van der Waals surface area contributed by atoms with Crippen LogP contribution in [0.15, 0.2) is 30.3 Å². The Morgan fingerprint density at radius 1 is 1.26 bits per heavy atom. The van der Waals surface area contributed by atoms with E-state index in [0.29, 0.717) is 6.04 Å². The molecule has 19 heavy (non-hydrogen) atoms. The van der Waals surface area contributed by atoms with Crippen molar-refractivity contribution in [3.8, 4) is 0 Å². The predicted octanol–water partition coefficient (Wildman–Crippen LogP) is 2.87. The molecule has 0 saturated carbocycles. The third-order valence-corrected chi connectivity index (χ3v) is 5.03. The van der Waals surface area contributed by atoms with E-state index in [4.69, 9.17) is 4.98 Å². The van der Waals surface area contributed by atoms with Gasteiger partial charge in [0.05, 0.1) is 5.52 Å². The van der Waals surface area contributed by atoms with Crippen molar-refractivity contribution in [3.05, 3.63) is 35.9 Å². The zero-order valence-electron chi connectivity index (χ0n) is 11.1. The third kappa shape index (κ3) is 2.78. The van der Waals surface area contributed by atoms with Crippen LogP contribution >= 0.6 is 0 Å². The fraction of sp³-hybridized carbons (Fsp3) is 0.400. The van der Waals surface area contributed by atoms with Crippen molar-refractivity contribution in [2.24, 2.45) is 0 Å². The van der Waals surface area contributed by atoms with Crippen LogP contribution in [0.4, 0.5) is 5.82 Å². The highest BCUT2D eigenvalue weighted by atomic mass is 32.2. The van der Waals surface area contributed by atoms with E-state index in [1.807, 2.05) is 18.2 Å². The van der Waals surface area contributed by atoms with Crippen molar-refractivity contribution in [1.29, 1.82) is 0 Å². The van der Waals surface area contributed by atoms with Gasteiger partial charge in [0.1, 0.15) is 5.82 Å². The van der Waals surface area contributed by atoms with Gasteiger partial charge in [-0.15, -0.1) is 0 Å². The fourth-order valence-electron chi connectivity index (χ4n) is 2.50. The smallest absolute Gasteiger partial charge is 0.129 e. The molecule has 0 spiro atoms. The number of pyridine rings is 1. The van der Waals surface area contributed by atoms with E-state index < -0.39 is 10.8 Å². The summed E-state index contributed by atoms with van der Waals surface area (Å²) in [4.78, 5) is 4.70. The monoisotopic (exact) mass is 274 g/mol. The number of nitrogens with one attached hydrogen (secondary N) is 1.